The number of esters is 1. The summed E-state index contributed by atoms with van der Waals surface area (Å²) in [5, 5.41) is 0. The molecular formula is C32H38F3NO4. The highest BCUT2D eigenvalue weighted by Gasteiger charge is 2.36. The summed E-state index contributed by atoms with van der Waals surface area (Å²) in [5.74, 6) is 0.480. The Hall–Kier alpha value is -3.39. The SMILES string of the molecule is CCCCOc1ccc(-c2ccc(-c3ccc(C(=O)OCCCCCCCOC(C)C(F)(F)F)cc3)nc2)cc1. The molecule has 0 bridgehead atoms. The second-order valence-electron chi connectivity index (χ2n) is 9.69. The topological polar surface area (TPSA) is 57.7 Å². The maximum Gasteiger partial charge on any atom is 0.414 e. The van der Waals surface area contributed by atoms with Gasteiger partial charge in [-0.3, -0.25) is 4.98 Å². The van der Waals surface area contributed by atoms with E-state index in [4.69, 9.17) is 14.2 Å². The average Bonchev–Trinajstić information content (AvgIpc) is 2.96. The van der Waals surface area contributed by atoms with Gasteiger partial charge in [0.05, 0.1) is 24.5 Å². The van der Waals surface area contributed by atoms with Crippen LogP contribution in [0.5, 0.6) is 5.75 Å². The first-order valence-corrected chi connectivity index (χ1v) is 13.9. The molecule has 8 heteroatoms. The minimum absolute atomic E-state index is 0.0915. The number of rotatable bonds is 16. The molecular weight excluding hydrogens is 519 g/mol. The lowest BCUT2D eigenvalue weighted by Crippen LogP contribution is -2.28. The Labute approximate surface area is 234 Å². The summed E-state index contributed by atoms with van der Waals surface area (Å²) in [6.07, 6.45) is 1.65. The van der Waals surface area contributed by atoms with E-state index in [1.165, 1.54) is 0 Å². The number of ether oxygens (including phenoxy) is 3. The normalized spacial score (nSPS) is 12.2. The van der Waals surface area contributed by atoms with Crippen LogP contribution in [0.1, 0.15) is 69.2 Å². The number of benzene rings is 2. The van der Waals surface area contributed by atoms with Crippen LogP contribution < -0.4 is 4.74 Å². The third-order valence-corrected chi connectivity index (χ3v) is 6.48. The number of halogens is 3. The van der Waals surface area contributed by atoms with Crippen LogP contribution in [0.2, 0.25) is 0 Å². The summed E-state index contributed by atoms with van der Waals surface area (Å²) in [7, 11) is 0. The average molecular weight is 558 g/mol. The van der Waals surface area contributed by atoms with Crippen molar-refractivity contribution in [2.45, 2.75) is 71.1 Å². The van der Waals surface area contributed by atoms with Gasteiger partial charge in [-0.2, -0.15) is 13.2 Å². The second kappa shape index (κ2) is 16.0. The van der Waals surface area contributed by atoms with E-state index < -0.39 is 12.3 Å². The fraction of sp³-hybridized carbons (Fsp3) is 0.438. The van der Waals surface area contributed by atoms with E-state index in [9.17, 15) is 18.0 Å². The molecule has 5 nitrogen and oxygen atoms in total. The molecule has 3 aromatic rings. The van der Waals surface area contributed by atoms with E-state index in [0.29, 0.717) is 25.0 Å². The summed E-state index contributed by atoms with van der Waals surface area (Å²) in [5.41, 5.74) is 4.24. The number of nitrogens with zero attached hydrogens (tertiary/aromatic N) is 1. The number of aromatic nitrogens is 1. The zero-order valence-corrected chi connectivity index (χ0v) is 23.2. The molecule has 2 aromatic carbocycles. The number of unbranched alkanes of at least 4 members (excludes halogenated alkanes) is 5. The Morgan fingerprint density at radius 1 is 0.775 bits per heavy atom. The van der Waals surface area contributed by atoms with Gasteiger partial charge in [0.2, 0.25) is 0 Å². The summed E-state index contributed by atoms with van der Waals surface area (Å²) >= 11 is 0. The highest BCUT2D eigenvalue weighted by Crippen LogP contribution is 2.25. The lowest BCUT2D eigenvalue weighted by atomic mass is 10.0. The zero-order chi connectivity index (χ0) is 28.8. The van der Waals surface area contributed by atoms with E-state index >= 15 is 0 Å². The van der Waals surface area contributed by atoms with Crippen molar-refractivity contribution in [1.29, 1.82) is 0 Å². The van der Waals surface area contributed by atoms with Crippen molar-refractivity contribution >= 4 is 5.97 Å². The summed E-state index contributed by atoms with van der Waals surface area (Å²) in [6, 6.07) is 19.1. The minimum atomic E-state index is -4.32. The summed E-state index contributed by atoms with van der Waals surface area (Å²) in [4.78, 5) is 16.9. The summed E-state index contributed by atoms with van der Waals surface area (Å²) in [6.45, 7) is 4.27. The van der Waals surface area contributed by atoms with Crippen LogP contribution in [0.3, 0.4) is 0 Å². The molecule has 0 saturated heterocycles. The Morgan fingerprint density at radius 2 is 1.40 bits per heavy atom. The standard InChI is InChI=1S/C32H38F3NO4/c1-3-4-20-39-29-17-14-25(15-18-29)28-16-19-30(36-23-28)26-10-12-27(13-11-26)31(37)40-22-9-7-5-6-8-21-38-24(2)32(33,34)35/h10-19,23-24H,3-9,20-22H2,1-2H3. The second-order valence-corrected chi connectivity index (χ2v) is 9.69. The molecule has 1 heterocycles. The van der Waals surface area contributed by atoms with Crippen LogP contribution >= 0.6 is 0 Å². The maximum absolute atomic E-state index is 12.4. The molecule has 0 spiro atoms. The quantitative estimate of drug-likeness (QED) is 0.130. The first-order valence-electron chi connectivity index (χ1n) is 13.9. The molecule has 1 aromatic heterocycles. The van der Waals surface area contributed by atoms with Crippen molar-refractivity contribution in [1.82, 2.24) is 4.98 Å². The lowest BCUT2D eigenvalue weighted by molar-refractivity contribution is -0.214. The molecule has 0 fully saturated rings. The van der Waals surface area contributed by atoms with E-state index in [1.807, 2.05) is 54.7 Å². The van der Waals surface area contributed by atoms with Crippen molar-refractivity contribution in [3.63, 3.8) is 0 Å². The van der Waals surface area contributed by atoms with Gasteiger partial charge in [0.15, 0.2) is 6.10 Å². The highest BCUT2D eigenvalue weighted by molar-refractivity contribution is 5.90. The predicted octanol–water partition coefficient (Wildman–Crippen LogP) is 8.67. The number of pyridine rings is 1. The molecule has 0 amide bonds. The highest BCUT2D eigenvalue weighted by atomic mass is 19.4. The van der Waals surface area contributed by atoms with Gasteiger partial charge in [0.25, 0.3) is 0 Å². The van der Waals surface area contributed by atoms with Gasteiger partial charge in [-0.05, 0) is 62.1 Å². The minimum Gasteiger partial charge on any atom is -0.494 e. The molecule has 0 aliphatic rings. The first-order chi connectivity index (χ1) is 19.3. The van der Waals surface area contributed by atoms with Gasteiger partial charge in [0.1, 0.15) is 5.75 Å². The summed E-state index contributed by atoms with van der Waals surface area (Å²) < 4.78 is 53.0. The molecule has 0 aliphatic carbocycles. The van der Waals surface area contributed by atoms with Gasteiger partial charge >= 0.3 is 12.1 Å². The van der Waals surface area contributed by atoms with Gasteiger partial charge in [-0.1, -0.05) is 62.9 Å². The van der Waals surface area contributed by atoms with Crippen LogP contribution in [-0.4, -0.2) is 43.1 Å². The van der Waals surface area contributed by atoms with Crippen molar-refractivity contribution in [3.8, 4) is 28.1 Å². The van der Waals surface area contributed by atoms with Crippen LogP contribution in [-0.2, 0) is 9.47 Å². The molecule has 40 heavy (non-hydrogen) atoms. The van der Waals surface area contributed by atoms with Gasteiger partial charge < -0.3 is 14.2 Å². The molecule has 3 rings (SSSR count). The van der Waals surface area contributed by atoms with Crippen molar-refractivity contribution in [2.24, 2.45) is 0 Å². The zero-order valence-electron chi connectivity index (χ0n) is 23.2. The van der Waals surface area contributed by atoms with E-state index in [2.05, 4.69) is 11.9 Å². The molecule has 0 radical (unpaired) electrons. The monoisotopic (exact) mass is 557 g/mol. The Bertz CT molecular complexity index is 1150. The molecule has 216 valence electrons. The maximum atomic E-state index is 12.4. The number of carbonyl (C=O) groups excluding carboxylic acids is 1. The van der Waals surface area contributed by atoms with Crippen LogP contribution in [0, 0.1) is 0 Å². The third kappa shape index (κ3) is 10.3. The van der Waals surface area contributed by atoms with Crippen LogP contribution in [0.15, 0.2) is 66.9 Å². The van der Waals surface area contributed by atoms with Gasteiger partial charge in [-0.15, -0.1) is 0 Å². The van der Waals surface area contributed by atoms with E-state index in [0.717, 1.165) is 73.8 Å². The first kappa shape index (κ1) is 31.1. The Balaban J connectivity index is 1.36. The number of hydrogen-bond acceptors (Lipinski definition) is 5. The fourth-order valence-corrected chi connectivity index (χ4v) is 3.93. The van der Waals surface area contributed by atoms with E-state index in [1.54, 1.807) is 12.1 Å². The van der Waals surface area contributed by atoms with Crippen molar-refractivity contribution in [2.75, 3.05) is 19.8 Å². The van der Waals surface area contributed by atoms with Crippen LogP contribution in [0.4, 0.5) is 13.2 Å². The van der Waals surface area contributed by atoms with Gasteiger partial charge in [0, 0.05) is 23.9 Å². The largest absolute Gasteiger partial charge is 0.494 e. The van der Waals surface area contributed by atoms with Gasteiger partial charge in [-0.25, -0.2) is 4.79 Å². The molecule has 1 unspecified atom stereocenters. The Morgan fingerprint density at radius 3 is 2.02 bits per heavy atom. The van der Waals surface area contributed by atoms with Crippen molar-refractivity contribution in [3.05, 3.63) is 72.4 Å². The predicted molar refractivity (Wildman–Crippen MR) is 150 cm³/mol. The number of alkyl halides is 3. The lowest BCUT2D eigenvalue weighted by Gasteiger charge is -2.16. The smallest absolute Gasteiger partial charge is 0.414 e. The fourth-order valence-electron chi connectivity index (χ4n) is 3.93. The number of hydrogen-bond donors (Lipinski definition) is 0. The number of carbonyl (C=O) groups is 1. The van der Waals surface area contributed by atoms with Crippen molar-refractivity contribution < 1.29 is 32.2 Å². The van der Waals surface area contributed by atoms with E-state index in [-0.39, 0.29) is 12.6 Å². The molecule has 0 aliphatic heterocycles. The Kier molecular flexibility index (Phi) is 12.5. The molecule has 0 N–H and O–H groups in total. The molecule has 1 atom stereocenters. The molecule has 0 saturated carbocycles. The third-order valence-electron chi connectivity index (χ3n) is 6.48. The van der Waals surface area contributed by atoms with Crippen LogP contribution in [0.25, 0.3) is 22.4 Å².